The summed E-state index contributed by atoms with van der Waals surface area (Å²) in [6, 6.07) is 23.2. The van der Waals surface area contributed by atoms with Crippen LogP contribution in [0.15, 0.2) is 72.8 Å². The van der Waals surface area contributed by atoms with Crippen molar-refractivity contribution in [1.82, 2.24) is 35.2 Å². The third-order valence-corrected chi connectivity index (χ3v) is 6.93. The van der Waals surface area contributed by atoms with Gasteiger partial charge in [0.15, 0.2) is 5.82 Å². The van der Waals surface area contributed by atoms with Gasteiger partial charge >= 0.3 is 0 Å². The number of carbonyl (C=O) groups excluding carboxylic acids is 1. The molecule has 0 spiro atoms. The topological polar surface area (TPSA) is 113 Å². The molecule has 1 amide bonds. The molecule has 0 saturated carbocycles. The van der Waals surface area contributed by atoms with Crippen molar-refractivity contribution in [3.63, 3.8) is 0 Å². The van der Waals surface area contributed by atoms with Crippen molar-refractivity contribution in [3.05, 3.63) is 78.4 Å². The van der Waals surface area contributed by atoms with E-state index in [2.05, 4.69) is 53.1 Å². The maximum atomic E-state index is 12.9. The molecule has 39 heavy (non-hydrogen) atoms. The molecule has 0 radical (unpaired) electrons. The minimum absolute atomic E-state index is 0.115. The van der Waals surface area contributed by atoms with Crippen LogP contribution in [-0.4, -0.2) is 82.2 Å². The summed E-state index contributed by atoms with van der Waals surface area (Å²) in [6.07, 6.45) is 0. The zero-order valence-corrected chi connectivity index (χ0v) is 21.6. The van der Waals surface area contributed by atoms with Crippen molar-refractivity contribution >= 4 is 39.8 Å². The number of ether oxygens (including phenoxy) is 1. The lowest BCUT2D eigenvalue weighted by Crippen LogP contribution is -2.48. The molecule has 0 unspecified atom stereocenters. The van der Waals surface area contributed by atoms with E-state index in [-0.39, 0.29) is 5.91 Å². The lowest BCUT2D eigenvalue weighted by atomic mass is 10.2. The number of para-hydroxylation sites is 2. The molecule has 0 bridgehead atoms. The van der Waals surface area contributed by atoms with E-state index in [1.165, 1.54) is 5.69 Å². The summed E-state index contributed by atoms with van der Waals surface area (Å²) in [5.74, 6) is 1.27. The van der Waals surface area contributed by atoms with Gasteiger partial charge in [-0.05, 0) is 65.0 Å². The second kappa shape index (κ2) is 10.9. The van der Waals surface area contributed by atoms with Crippen LogP contribution in [0, 0.1) is 0 Å². The summed E-state index contributed by atoms with van der Waals surface area (Å²) < 4.78 is 6.90. The van der Waals surface area contributed by atoms with Gasteiger partial charge in [-0.3, -0.25) is 9.69 Å². The van der Waals surface area contributed by atoms with Crippen LogP contribution in [0.2, 0.25) is 0 Å². The van der Waals surface area contributed by atoms with Gasteiger partial charge in [-0.2, -0.15) is 4.52 Å². The van der Waals surface area contributed by atoms with E-state index in [1.54, 1.807) is 23.8 Å². The Hall–Kier alpha value is -4.77. The maximum Gasteiger partial charge on any atom is 0.251 e. The summed E-state index contributed by atoms with van der Waals surface area (Å²) in [6.45, 7) is 5.19. The van der Waals surface area contributed by atoms with E-state index >= 15 is 0 Å². The van der Waals surface area contributed by atoms with Crippen LogP contribution in [-0.2, 0) is 0 Å². The predicted molar refractivity (Wildman–Crippen MR) is 150 cm³/mol. The molecule has 2 aromatic heterocycles. The summed E-state index contributed by atoms with van der Waals surface area (Å²) in [4.78, 5) is 22.3. The number of hydrogen-bond acceptors (Lipinski definition) is 9. The van der Waals surface area contributed by atoms with E-state index in [0.29, 0.717) is 23.6 Å². The molecule has 1 saturated heterocycles. The third kappa shape index (κ3) is 5.30. The van der Waals surface area contributed by atoms with Gasteiger partial charge in [-0.15, -0.1) is 5.10 Å². The molecule has 11 nitrogen and oxygen atoms in total. The number of methoxy groups -OCH3 is 1. The molecule has 1 aliphatic heterocycles. The van der Waals surface area contributed by atoms with Gasteiger partial charge in [0.1, 0.15) is 5.75 Å². The van der Waals surface area contributed by atoms with Crippen LogP contribution < -0.4 is 20.3 Å². The second-order valence-corrected chi connectivity index (χ2v) is 9.35. The summed E-state index contributed by atoms with van der Waals surface area (Å²) >= 11 is 0. The minimum atomic E-state index is -0.115. The highest BCUT2D eigenvalue weighted by molar-refractivity contribution is 5.95. The lowest BCUT2D eigenvalue weighted by molar-refractivity contribution is 0.0948. The average molecular weight is 524 g/mol. The van der Waals surface area contributed by atoms with E-state index in [1.807, 2.05) is 48.5 Å². The maximum absolute atomic E-state index is 12.9. The van der Waals surface area contributed by atoms with Crippen LogP contribution in [0.4, 0.5) is 17.2 Å². The number of nitrogens with one attached hydrogen (secondary N) is 2. The first-order chi connectivity index (χ1) is 19.2. The van der Waals surface area contributed by atoms with Gasteiger partial charge in [0.05, 0.1) is 18.1 Å². The Kier molecular flexibility index (Phi) is 6.88. The number of anilines is 3. The molecule has 1 fully saturated rings. The Morgan fingerprint density at radius 1 is 0.974 bits per heavy atom. The molecular weight excluding hydrogens is 494 g/mol. The summed E-state index contributed by atoms with van der Waals surface area (Å²) in [7, 11) is 1.68. The Balaban J connectivity index is 1.03. The quantitative estimate of drug-likeness (QED) is 0.317. The number of nitrogens with zero attached hydrogens (tertiary/aromatic N) is 7. The number of carbonyl (C=O) groups is 1. The van der Waals surface area contributed by atoms with E-state index < -0.39 is 0 Å². The van der Waals surface area contributed by atoms with E-state index in [4.69, 9.17) is 4.74 Å². The molecule has 1 aliphatic rings. The molecule has 0 aliphatic carbocycles. The highest BCUT2D eigenvalue weighted by Gasteiger charge is 2.18. The molecule has 3 aromatic carbocycles. The van der Waals surface area contributed by atoms with Gasteiger partial charge < -0.3 is 20.3 Å². The van der Waals surface area contributed by atoms with Gasteiger partial charge in [-0.1, -0.05) is 18.2 Å². The van der Waals surface area contributed by atoms with Crippen molar-refractivity contribution in [1.29, 1.82) is 0 Å². The fourth-order valence-electron chi connectivity index (χ4n) is 4.82. The van der Waals surface area contributed by atoms with E-state index in [0.717, 1.165) is 55.2 Å². The zero-order valence-electron chi connectivity index (χ0n) is 21.6. The van der Waals surface area contributed by atoms with Crippen LogP contribution in [0.1, 0.15) is 10.4 Å². The summed E-state index contributed by atoms with van der Waals surface area (Å²) in [5, 5.41) is 18.4. The van der Waals surface area contributed by atoms with Crippen LogP contribution in [0.3, 0.4) is 0 Å². The Morgan fingerprint density at radius 2 is 1.79 bits per heavy atom. The fraction of sp³-hybridized carbons (Fsp3) is 0.250. The van der Waals surface area contributed by atoms with Gasteiger partial charge in [0.25, 0.3) is 5.91 Å². The number of amides is 1. The molecule has 6 rings (SSSR count). The number of tetrazole rings is 1. The number of piperazine rings is 1. The Morgan fingerprint density at radius 3 is 2.62 bits per heavy atom. The number of fused-ring (bicyclic) bond motifs is 3. The number of aromatic nitrogens is 5. The highest BCUT2D eigenvalue weighted by Crippen LogP contribution is 2.23. The number of rotatable bonds is 8. The molecule has 3 heterocycles. The van der Waals surface area contributed by atoms with Gasteiger partial charge in [-0.25, -0.2) is 4.98 Å². The van der Waals surface area contributed by atoms with Crippen molar-refractivity contribution in [3.8, 4) is 5.75 Å². The molecule has 198 valence electrons. The first-order valence-electron chi connectivity index (χ1n) is 12.9. The molecule has 2 N–H and O–H groups in total. The third-order valence-electron chi connectivity index (χ3n) is 6.93. The van der Waals surface area contributed by atoms with Crippen molar-refractivity contribution in [2.75, 3.05) is 56.6 Å². The van der Waals surface area contributed by atoms with Crippen LogP contribution in [0.5, 0.6) is 5.75 Å². The largest absolute Gasteiger partial charge is 0.497 e. The normalized spacial score (nSPS) is 14.0. The molecule has 5 aromatic rings. The summed E-state index contributed by atoms with van der Waals surface area (Å²) in [5.41, 5.74) is 4.59. The standard InChI is InChI=1S/C28H29N9O2/c1-39-23-11-9-22(10-12-23)36-17-15-35(16-18-36)14-13-29-28(38)20-5-4-6-21(19-20)30-26-27-32-33-34-37(27)25-8-3-2-7-24(25)31-26/h2-12,19H,13-18H2,1H3,(H,29,38)(H,30,31). The minimum Gasteiger partial charge on any atom is -0.497 e. The smallest absolute Gasteiger partial charge is 0.251 e. The van der Waals surface area contributed by atoms with Crippen molar-refractivity contribution in [2.45, 2.75) is 0 Å². The molecule has 0 atom stereocenters. The number of benzene rings is 3. The van der Waals surface area contributed by atoms with Crippen LogP contribution in [0.25, 0.3) is 16.7 Å². The van der Waals surface area contributed by atoms with Crippen molar-refractivity contribution in [2.24, 2.45) is 0 Å². The first-order valence-corrected chi connectivity index (χ1v) is 12.9. The second-order valence-electron chi connectivity index (χ2n) is 9.35. The Labute approximate surface area is 225 Å². The van der Waals surface area contributed by atoms with E-state index in [9.17, 15) is 4.79 Å². The van der Waals surface area contributed by atoms with Gasteiger partial charge in [0.2, 0.25) is 5.65 Å². The predicted octanol–water partition coefficient (Wildman–Crippen LogP) is 2.98. The van der Waals surface area contributed by atoms with Crippen LogP contribution >= 0.6 is 0 Å². The first kappa shape index (κ1) is 24.6. The monoisotopic (exact) mass is 523 g/mol. The number of hydrogen-bond donors (Lipinski definition) is 2. The SMILES string of the molecule is COc1ccc(N2CCN(CCNC(=O)c3cccc(Nc4nc5ccccc5n5nnnc45)c3)CC2)cc1. The lowest BCUT2D eigenvalue weighted by Gasteiger charge is -2.36. The highest BCUT2D eigenvalue weighted by atomic mass is 16.5. The zero-order chi connectivity index (χ0) is 26.6. The fourth-order valence-corrected chi connectivity index (χ4v) is 4.82. The average Bonchev–Trinajstić information content (AvgIpc) is 3.49. The molecular formula is C28H29N9O2. The van der Waals surface area contributed by atoms with Crippen molar-refractivity contribution < 1.29 is 9.53 Å². The Bertz CT molecular complexity index is 1590. The van der Waals surface area contributed by atoms with Gasteiger partial charge in [0, 0.05) is 56.2 Å². The molecule has 11 heteroatoms.